The van der Waals surface area contributed by atoms with Gasteiger partial charge in [-0.3, -0.25) is 4.79 Å². The molecule has 0 amide bonds. The Morgan fingerprint density at radius 3 is 2.84 bits per heavy atom. The highest BCUT2D eigenvalue weighted by molar-refractivity contribution is 5.95. The summed E-state index contributed by atoms with van der Waals surface area (Å²) >= 11 is 0. The first kappa shape index (κ1) is 14.1. The number of anilines is 1. The average molecular weight is 260 g/mol. The van der Waals surface area contributed by atoms with Crippen molar-refractivity contribution in [3.8, 4) is 0 Å². The molecule has 3 nitrogen and oxygen atoms in total. The largest absolute Gasteiger partial charge is 0.365 e. The van der Waals surface area contributed by atoms with Gasteiger partial charge in [-0.15, -0.1) is 0 Å². The van der Waals surface area contributed by atoms with Crippen LogP contribution in [0.2, 0.25) is 0 Å². The first-order valence-corrected chi connectivity index (χ1v) is 7.02. The predicted octanol–water partition coefficient (Wildman–Crippen LogP) is 2.86. The van der Waals surface area contributed by atoms with Crippen molar-refractivity contribution in [2.24, 2.45) is 0 Å². The minimum Gasteiger partial charge on any atom is -0.365 e. The van der Waals surface area contributed by atoms with E-state index >= 15 is 0 Å². The Morgan fingerprint density at radius 1 is 1.42 bits per heavy atom. The van der Waals surface area contributed by atoms with Gasteiger partial charge in [-0.1, -0.05) is 12.1 Å². The zero-order chi connectivity index (χ0) is 14.0. The number of ketones is 1. The number of carbonyl (C=O) groups is 1. The molecule has 1 heterocycles. The summed E-state index contributed by atoms with van der Waals surface area (Å²) in [6.07, 6.45) is 1.10. The van der Waals surface area contributed by atoms with Crippen LogP contribution in [0.4, 0.5) is 5.69 Å². The lowest BCUT2D eigenvalue weighted by atomic mass is 9.97. The number of benzene rings is 1. The van der Waals surface area contributed by atoms with Gasteiger partial charge >= 0.3 is 0 Å². The molecule has 0 spiro atoms. The average Bonchev–Trinajstić information content (AvgIpc) is 2.48. The lowest BCUT2D eigenvalue weighted by Crippen LogP contribution is -2.46. The lowest BCUT2D eigenvalue weighted by Gasteiger charge is -2.39. The summed E-state index contributed by atoms with van der Waals surface area (Å²) in [5.41, 5.74) is 2.04. The molecule has 1 aliphatic rings. The second-order valence-electron chi connectivity index (χ2n) is 6.13. The molecular formula is C16H24N2O. The van der Waals surface area contributed by atoms with E-state index in [1.807, 2.05) is 18.2 Å². The number of Topliss-reactive ketones (excluding diaryl/α,β-unsaturated/α-hetero) is 1. The van der Waals surface area contributed by atoms with Crippen molar-refractivity contribution in [2.45, 2.75) is 45.7 Å². The van der Waals surface area contributed by atoms with E-state index in [1.54, 1.807) is 6.92 Å². The minimum atomic E-state index is 0.104. The van der Waals surface area contributed by atoms with Gasteiger partial charge in [0.15, 0.2) is 5.78 Å². The fourth-order valence-electron chi connectivity index (χ4n) is 2.69. The number of rotatable bonds is 2. The summed E-state index contributed by atoms with van der Waals surface area (Å²) in [4.78, 5) is 14.0. The van der Waals surface area contributed by atoms with E-state index in [9.17, 15) is 4.79 Å². The van der Waals surface area contributed by atoms with Crippen molar-refractivity contribution in [1.82, 2.24) is 5.32 Å². The molecule has 1 aliphatic heterocycles. The summed E-state index contributed by atoms with van der Waals surface area (Å²) in [5.74, 6) is 0.126. The molecule has 1 N–H and O–H groups in total. The highest BCUT2D eigenvalue weighted by Gasteiger charge is 2.30. The smallest absolute Gasteiger partial charge is 0.159 e. The van der Waals surface area contributed by atoms with Gasteiger partial charge in [-0.25, -0.2) is 0 Å². The van der Waals surface area contributed by atoms with Crippen molar-refractivity contribution in [3.63, 3.8) is 0 Å². The van der Waals surface area contributed by atoms with Crippen LogP contribution < -0.4 is 10.2 Å². The summed E-state index contributed by atoms with van der Waals surface area (Å²) < 4.78 is 0. The van der Waals surface area contributed by atoms with E-state index in [4.69, 9.17) is 0 Å². The normalized spacial score (nSPS) is 22.9. The van der Waals surface area contributed by atoms with Crippen LogP contribution in [0.1, 0.15) is 44.5 Å². The Bertz CT molecular complexity index is 468. The number of nitrogens with one attached hydrogen (secondary N) is 1. The van der Waals surface area contributed by atoms with Crippen molar-refractivity contribution < 1.29 is 4.79 Å². The molecule has 1 atom stereocenters. The van der Waals surface area contributed by atoms with Crippen LogP contribution in [0.15, 0.2) is 24.3 Å². The molecule has 104 valence electrons. The topological polar surface area (TPSA) is 32.3 Å². The lowest BCUT2D eigenvalue weighted by molar-refractivity contribution is 0.101. The molecule has 2 rings (SSSR count). The standard InChI is InChI=1S/C16H24N2O/c1-12-11-18(16(3,4)8-9-17-12)15-7-5-6-14(10-15)13(2)19/h5-7,10,12,17H,8-9,11H2,1-4H3. The molecule has 0 saturated carbocycles. The Balaban J connectivity index is 2.36. The molecule has 0 aliphatic carbocycles. The molecule has 0 radical (unpaired) electrons. The van der Waals surface area contributed by atoms with Crippen molar-refractivity contribution in [2.75, 3.05) is 18.0 Å². The van der Waals surface area contributed by atoms with Crippen LogP contribution in [0.3, 0.4) is 0 Å². The van der Waals surface area contributed by atoms with E-state index < -0.39 is 0 Å². The number of hydrogen-bond acceptors (Lipinski definition) is 3. The third-order valence-corrected chi connectivity index (χ3v) is 3.98. The van der Waals surface area contributed by atoms with Crippen LogP contribution in [0, 0.1) is 0 Å². The first-order valence-electron chi connectivity index (χ1n) is 7.02. The second-order valence-corrected chi connectivity index (χ2v) is 6.13. The molecule has 3 heteroatoms. The van der Waals surface area contributed by atoms with Gasteiger partial charge in [-0.2, -0.15) is 0 Å². The van der Waals surface area contributed by atoms with Gasteiger partial charge in [-0.05, 0) is 52.8 Å². The highest BCUT2D eigenvalue weighted by atomic mass is 16.1. The Hall–Kier alpha value is -1.35. The molecule has 0 bridgehead atoms. The Kier molecular flexibility index (Phi) is 3.95. The van der Waals surface area contributed by atoms with Gasteiger partial charge in [0.05, 0.1) is 0 Å². The van der Waals surface area contributed by atoms with E-state index in [0.717, 1.165) is 30.8 Å². The number of nitrogens with zero attached hydrogens (tertiary/aromatic N) is 1. The highest BCUT2D eigenvalue weighted by Crippen LogP contribution is 2.29. The zero-order valence-corrected chi connectivity index (χ0v) is 12.4. The maximum Gasteiger partial charge on any atom is 0.159 e. The molecule has 19 heavy (non-hydrogen) atoms. The predicted molar refractivity (Wildman–Crippen MR) is 80.0 cm³/mol. The fraction of sp³-hybridized carbons (Fsp3) is 0.562. The van der Waals surface area contributed by atoms with E-state index in [-0.39, 0.29) is 11.3 Å². The minimum absolute atomic E-state index is 0.104. The number of carbonyl (C=O) groups excluding carboxylic acids is 1. The fourth-order valence-corrected chi connectivity index (χ4v) is 2.69. The summed E-state index contributed by atoms with van der Waals surface area (Å²) in [7, 11) is 0. The van der Waals surface area contributed by atoms with Gasteiger partial charge in [0.2, 0.25) is 0 Å². The van der Waals surface area contributed by atoms with E-state index in [1.165, 1.54) is 0 Å². The van der Waals surface area contributed by atoms with E-state index in [0.29, 0.717) is 6.04 Å². The monoisotopic (exact) mass is 260 g/mol. The molecule has 1 aromatic carbocycles. The third kappa shape index (κ3) is 3.16. The van der Waals surface area contributed by atoms with Crippen LogP contribution >= 0.6 is 0 Å². The van der Waals surface area contributed by atoms with Crippen LogP contribution in [0.5, 0.6) is 0 Å². The maximum absolute atomic E-state index is 11.5. The van der Waals surface area contributed by atoms with Crippen molar-refractivity contribution in [1.29, 1.82) is 0 Å². The Labute approximate surface area is 116 Å². The molecule has 1 fully saturated rings. The second kappa shape index (κ2) is 5.33. The molecule has 0 aromatic heterocycles. The number of hydrogen-bond donors (Lipinski definition) is 1. The summed E-state index contributed by atoms with van der Waals surface area (Å²) in [5, 5.41) is 3.53. The molecular weight excluding hydrogens is 236 g/mol. The van der Waals surface area contributed by atoms with Crippen molar-refractivity contribution in [3.05, 3.63) is 29.8 Å². The third-order valence-electron chi connectivity index (χ3n) is 3.98. The SMILES string of the molecule is CC(=O)c1cccc(N2CC(C)NCCC2(C)C)c1. The van der Waals surface area contributed by atoms with Crippen LogP contribution in [-0.4, -0.2) is 30.5 Å². The molecule has 1 unspecified atom stereocenters. The summed E-state index contributed by atoms with van der Waals surface area (Å²) in [6, 6.07) is 8.44. The van der Waals surface area contributed by atoms with Crippen LogP contribution in [0.25, 0.3) is 0 Å². The van der Waals surface area contributed by atoms with Gasteiger partial charge < -0.3 is 10.2 Å². The van der Waals surface area contributed by atoms with E-state index in [2.05, 4.69) is 37.1 Å². The van der Waals surface area contributed by atoms with Gasteiger partial charge in [0, 0.05) is 29.4 Å². The van der Waals surface area contributed by atoms with Gasteiger partial charge in [0.25, 0.3) is 0 Å². The Morgan fingerprint density at radius 2 is 2.16 bits per heavy atom. The first-order chi connectivity index (χ1) is 8.90. The van der Waals surface area contributed by atoms with Crippen LogP contribution in [-0.2, 0) is 0 Å². The quantitative estimate of drug-likeness (QED) is 0.830. The molecule has 1 saturated heterocycles. The summed E-state index contributed by atoms with van der Waals surface area (Å²) in [6.45, 7) is 10.4. The van der Waals surface area contributed by atoms with Crippen molar-refractivity contribution >= 4 is 11.5 Å². The zero-order valence-electron chi connectivity index (χ0n) is 12.4. The van der Waals surface area contributed by atoms with Gasteiger partial charge in [0.1, 0.15) is 0 Å². The molecule has 1 aromatic rings. The maximum atomic E-state index is 11.5.